The Morgan fingerprint density at radius 2 is 1.83 bits per heavy atom. The molecule has 30 heavy (non-hydrogen) atoms. The monoisotopic (exact) mass is 445 g/mol. The van der Waals surface area contributed by atoms with E-state index in [0.29, 0.717) is 34.7 Å². The van der Waals surface area contributed by atoms with E-state index in [1.54, 1.807) is 4.90 Å². The van der Waals surface area contributed by atoms with E-state index in [1.165, 1.54) is 11.3 Å². The van der Waals surface area contributed by atoms with Crippen LogP contribution in [0.2, 0.25) is 5.02 Å². The highest BCUT2D eigenvalue weighted by Gasteiger charge is 2.38. The molecule has 0 N–H and O–H groups in total. The first-order valence-corrected chi connectivity index (χ1v) is 11.0. The van der Waals surface area contributed by atoms with Crippen molar-refractivity contribution in [1.29, 1.82) is 0 Å². The molecule has 0 bridgehead atoms. The third-order valence-electron chi connectivity index (χ3n) is 5.09. The molecule has 2 atom stereocenters. The number of amides is 1. The fourth-order valence-electron chi connectivity index (χ4n) is 3.35. The lowest BCUT2D eigenvalue weighted by Gasteiger charge is -2.34. The summed E-state index contributed by atoms with van der Waals surface area (Å²) in [5.41, 5.74) is 1.74. The minimum absolute atomic E-state index is 0.165. The van der Waals surface area contributed by atoms with Crippen LogP contribution in [-0.4, -0.2) is 55.2 Å². The van der Waals surface area contributed by atoms with E-state index in [2.05, 4.69) is 0 Å². The summed E-state index contributed by atoms with van der Waals surface area (Å²) in [5, 5.41) is 1.30. The zero-order valence-electron chi connectivity index (χ0n) is 17.4. The number of likely N-dealkylation sites (N-methyl/N-ethyl adjacent to an activating group) is 1. The number of aryl methyl sites for hydroxylation is 1. The van der Waals surface area contributed by atoms with E-state index < -0.39 is 12.2 Å². The number of thiazole rings is 1. The van der Waals surface area contributed by atoms with Crippen LogP contribution in [0.3, 0.4) is 0 Å². The largest absolute Gasteiger partial charge is 0.482 e. The number of ether oxygens (including phenoxy) is 2. The molecule has 1 amide bonds. The Kier molecular flexibility index (Phi) is 5.86. The van der Waals surface area contributed by atoms with Gasteiger partial charge in [-0.3, -0.25) is 9.69 Å². The maximum atomic E-state index is 13.6. The van der Waals surface area contributed by atoms with Crippen LogP contribution in [0.25, 0.3) is 10.2 Å². The van der Waals surface area contributed by atoms with Gasteiger partial charge in [-0.25, -0.2) is 4.98 Å². The van der Waals surface area contributed by atoms with Crippen LogP contribution in [0.4, 0.5) is 5.13 Å². The Morgan fingerprint density at radius 1 is 1.13 bits per heavy atom. The number of halogens is 1. The van der Waals surface area contributed by atoms with Gasteiger partial charge in [0.15, 0.2) is 16.6 Å². The molecule has 8 heteroatoms. The number of rotatable bonds is 5. The molecule has 3 aromatic rings. The van der Waals surface area contributed by atoms with Gasteiger partial charge in [-0.1, -0.05) is 35.1 Å². The number of fused-ring (bicyclic) bond motifs is 2. The van der Waals surface area contributed by atoms with Crippen molar-refractivity contribution in [2.75, 3.05) is 32.1 Å². The fraction of sp³-hybridized carbons (Fsp3) is 0.364. The van der Waals surface area contributed by atoms with Crippen molar-refractivity contribution >= 4 is 44.2 Å². The molecule has 158 valence electrons. The molecule has 1 aromatic heterocycles. The van der Waals surface area contributed by atoms with E-state index >= 15 is 0 Å². The predicted molar refractivity (Wildman–Crippen MR) is 121 cm³/mol. The number of nitrogens with zero attached hydrogens (tertiary/aromatic N) is 3. The molecule has 0 saturated heterocycles. The summed E-state index contributed by atoms with van der Waals surface area (Å²) < 4.78 is 13.0. The van der Waals surface area contributed by atoms with Crippen molar-refractivity contribution in [3.05, 3.63) is 47.0 Å². The third-order valence-corrected chi connectivity index (χ3v) is 6.54. The van der Waals surface area contributed by atoms with Gasteiger partial charge >= 0.3 is 0 Å². The van der Waals surface area contributed by atoms with E-state index in [4.69, 9.17) is 26.1 Å². The summed E-state index contributed by atoms with van der Waals surface area (Å²) >= 11 is 7.75. The first-order valence-electron chi connectivity index (χ1n) is 9.79. The van der Waals surface area contributed by atoms with E-state index in [0.717, 1.165) is 15.8 Å². The minimum atomic E-state index is -0.751. The van der Waals surface area contributed by atoms with Crippen LogP contribution < -0.4 is 14.4 Å². The molecule has 2 aromatic carbocycles. The second-order valence-corrected chi connectivity index (χ2v) is 9.03. The van der Waals surface area contributed by atoms with Gasteiger partial charge < -0.3 is 14.4 Å². The van der Waals surface area contributed by atoms with Crippen molar-refractivity contribution in [1.82, 2.24) is 9.88 Å². The van der Waals surface area contributed by atoms with Gasteiger partial charge in [0.05, 0.1) is 10.2 Å². The molecule has 0 radical (unpaired) electrons. The normalized spacial score (nSPS) is 18.1. The van der Waals surface area contributed by atoms with Crippen LogP contribution in [-0.2, 0) is 4.79 Å². The number of anilines is 1. The number of aromatic nitrogens is 1. The molecule has 2 heterocycles. The second-order valence-electron chi connectivity index (χ2n) is 7.62. The number of benzene rings is 2. The van der Waals surface area contributed by atoms with Gasteiger partial charge in [-0.05, 0) is 57.8 Å². The van der Waals surface area contributed by atoms with Crippen LogP contribution in [0, 0.1) is 6.92 Å². The van der Waals surface area contributed by atoms with Gasteiger partial charge in [0.25, 0.3) is 5.91 Å². The van der Waals surface area contributed by atoms with Crippen LogP contribution in [0.15, 0.2) is 36.4 Å². The lowest BCUT2D eigenvalue weighted by molar-refractivity contribution is -0.130. The summed E-state index contributed by atoms with van der Waals surface area (Å²) in [6.45, 7) is 4.98. The molecule has 1 aliphatic rings. The lowest BCUT2D eigenvalue weighted by atomic mass is 10.1. The standard InChI is InChI=1S/C22H24ClN3O3S/c1-13-15(23)9-10-18-19(13)24-22(30-18)26(12-11-25(3)4)21(27)20-14(2)28-16-7-5-6-8-17(16)29-20/h5-10,14,20H,11-12H2,1-4H3. The number of carbonyl (C=O) groups excluding carboxylic acids is 1. The fourth-order valence-corrected chi connectivity index (χ4v) is 4.56. The number of para-hydroxylation sites is 2. The van der Waals surface area contributed by atoms with Crippen LogP contribution in [0.5, 0.6) is 11.5 Å². The Bertz CT molecular complexity index is 1080. The molecule has 4 rings (SSSR count). The van der Waals surface area contributed by atoms with Gasteiger partial charge in [-0.15, -0.1) is 0 Å². The molecular formula is C22H24ClN3O3S. The predicted octanol–water partition coefficient (Wildman–Crippen LogP) is 4.38. The van der Waals surface area contributed by atoms with E-state index in [9.17, 15) is 4.79 Å². The number of hydrogen-bond acceptors (Lipinski definition) is 6. The van der Waals surface area contributed by atoms with Crippen molar-refractivity contribution in [3.63, 3.8) is 0 Å². The van der Waals surface area contributed by atoms with Gasteiger partial charge in [-0.2, -0.15) is 0 Å². The first kappa shape index (κ1) is 20.9. The second kappa shape index (κ2) is 8.41. The van der Waals surface area contributed by atoms with Gasteiger partial charge in [0.1, 0.15) is 6.10 Å². The third kappa shape index (κ3) is 3.97. The number of carbonyl (C=O) groups is 1. The Hall–Kier alpha value is -2.35. The molecule has 0 spiro atoms. The summed E-state index contributed by atoms with van der Waals surface area (Å²) in [6.07, 6.45) is -1.17. The quantitative estimate of drug-likeness (QED) is 0.583. The molecule has 0 aliphatic carbocycles. The van der Waals surface area contributed by atoms with Crippen molar-refractivity contribution in [3.8, 4) is 11.5 Å². The highest BCUT2D eigenvalue weighted by molar-refractivity contribution is 7.22. The van der Waals surface area contributed by atoms with E-state index in [-0.39, 0.29) is 5.91 Å². The summed E-state index contributed by atoms with van der Waals surface area (Å²) in [4.78, 5) is 22.1. The summed E-state index contributed by atoms with van der Waals surface area (Å²) in [6, 6.07) is 11.2. The Labute approximate surface area is 185 Å². The topological polar surface area (TPSA) is 54.9 Å². The Morgan fingerprint density at radius 3 is 2.53 bits per heavy atom. The average molecular weight is 446 g/mol. The molecule has 0 saturated carbocycles. The van der Waals surface area contributed by atoms with Gasteiger partial charge in [0, 0.05) is 18.1 Å². The van der Waals surface area contributed by atoms with Crippen LogP contribution in [0.1, 0.15) is 12.5 Å². The average Bonchev–Trinajstić information content (AvgIpc) is 3.14. The van der Waals surface area contributed by atoms with Crippen molar-refractivity contribution in [2.45, 2.75) is 26.1 Å². The van der Waals surface area contributed by atoms with Gasteiger partial charge in [0.2, 0.25) is 6.10 Å². The van der Waals surface area contributed by atoms with E-state index in [1.807, 2.05) is 69.2 Å². The number of hydrogen-bond donors (Lipinski definition) is 0. The summed E-state index contributed by atoms with van der Waals surface area (Å²) in [5.74, 6) is 1.06. The zero-order chi connectivity index (χ0) is 21.4. The SMILES string of the molecule is Cc1c(Cl)ccc2sc(N(CCN(C)C)C(=O)C3Oc4ccccc4OC3C)nc12. The Balaban J connectivity index is 1.69. The highest BCUT2D eigenvalue weighted by Crippen LogP contribution is 2.36. The van der Waals surface area contributed by atoms with Crippen molar-refractivity contribution < 1.29 is 14.3 Å². The molecule has 2 unspecified atom stereocenters. The maximum absolute atomic E-state index is 13.6. The molecule has 6 nitrogen and oxygen atoms in total. The first-order chi connectivity index (χ1) is 14.3. The smallest absolute Gasteiger partial charge is 0.273 e. The zero-order valence-corrected chi connectivity index (χ0v) is 19.0. The minimum Gasteiger partial charge on any atom is -0.482 e. The molecule has 1 aliphatic heterocycles. The maximum Gasteiger partial charge on any atom is 0.273 e. The van der Waals surface area contributed by atoms with Crippen molar-refractivity contribution in [2.24, 2.45) is 0 Å². The lowest BCUT2D eigenvalue weighted by Crippen LogP contribution is -2.52. The molecular weight excluding hydrogens is 422 g/mol. The summed E-state index contributed by atoms with van der Waals surface area (Å²) in [7, 11) is 3.95. The highest BCUT2D eigenvalue weighted by atomic mass is 35.5. The molecule has 0 fully saturated rings. The van der Waals surface area contributed by atoms with Crippen LogP contribution >= 0.6 is 22.9 Å².